The summed E-state index contributed by atoms with van der Waals surface area (Å²) in [5, 5.41) is 11.8. The molecule has 0 spiro atoms. The van der Waals surface area contributed by atoms with Crippen LogP contribution in [-0.4, -0.2) is 25.6 Å². The number of carbonyl (C=O) groups is 1. The van der Waals surface area contributed by atoms with Crippen molar-refractivity contribution >= 4 is 11.8 Å². The molecule has 0 aliphatic heterocycles. The van der Waals surface area contributed by atoms with E-state index in [-0.39, 0.29) is 23.5 Å². The molecule has 0 fully saturated rings. The van der Waals surface area contributed by atoms with E-state index < -0.39 is 5.97 Å². The Bertz CT molecular complexity index is 697. The number of nitrogens with one attached hydrogen (secondary N) is 1. The molecule has 7 nitrogen and oxygen atoms in total. The van der Waals surface area contributed by atoms with Crippen molar-refractivity contribution in [3.05, 3.63) is 52.3 Å². The number of carboxylic acids is 1. The lowest BCUT2D eigenvalue weighted by atomic mass is 10.2. The summed E-state index contributed by atoms with van der Waals surface area (Å²) in [7, 11) is 0. The van der Waals surface area contributed by atoms with E-state index in [2.05, 4.69) is 15.3 Å². The molecule has 0 aromatic carbocycles. The number of aromatic carboxylic acids is 1. The van der Waals surface area contributed by atoms with Crippen molar-refractivity contribution in [1.82, 2.24) is 14.5 Å². The van der Waals surface area contributed by atoms with Gasteiger partial charge in [0.25, 0.3) is 5.56 Å². The monoisotopic (exact) mass is 288 g/mol. The van der Waals surface area contributed by atoms with Gasteiger partial charge in [-0.05, 0) is 18.6 Å². The van der Waals surface area contributed by atoms with Crippen LogP contribution in [-0.2, 0) is 13.1 Å². The van der Waals surface area contributed by atoms with Crippen LogP contribution in [0.1, 0.15) is 29.4 Å². The smallest absolute Gasteiger partial charge is 0.335 e. The quantitative estimate of drug-likeness (QED) is 0.833. The highest BCUT2D eigenvalue weighted by atomic mass is 16.4. The maximum absolute atomic E-state index is 12.1. The zero-order valence-electron chi connectivity index (χ0n) is 11.6. The molecule has 2 heterocycles. The van der Waals surface area contributed by atoms with Gasteiger partial charge in [-0.2, -0.15) is 0 Å². The molecule has 0 aliphatic rings. The highest BCUT2D eigenvalue weighted by molar-refractivity contribution is 5.87. The number of hydrogen-bond acceptors (Lipinski definition) is 5. The number of hydrogen-bond donors (Lipinski definition) is 2. The third kappa shape index (κ3) is 3.65. The van der Waals surface area contributed by atoms with Crippen LogP contribution in [0.2, 0.25) is 0 Å². The van der Waals surface area contributed by atoms with Gasteiger partial charge in [-0.15, -0.1) is 0 Å². The number of rotatable bonds is 6. The number of carboxylic acid groups (broad SMARTS) is 1. The summed E-state index contributed by atoms with van der Waals surface area (Å²) in [6, 6.07) is 2.88. The predicted molar refractivity (Wildman–Crippen MR) is 77.3 cm³/mol. The van der Waals surface area contributed by atoms with E-state index in [0.717, 1.165) is 6.42 Å². The summed E-state index contributed by atoms with van der Waals surface area (Å²) in [6.45, 7) is 2.85. The molecule has 0 aliphatic carbocycles. The van der Waals surface area contributed by atoms with Crippen LogP contribution in [0.25, 0.3) is 0 Å². The van der Waals surface area contributed by atoms with Crippen LogP contribution < -0.4 is 10.9 Å². The third-order valence-electron chi connectivity index (χ3n) is 2.88. The average Bonchev–Trinajstić information content (AvgIpc) is 2.48. The first-order valence-corrected chi connectivity index (χ1v) is 6.59. The molecule has 2 aromatic rings. The van der Waals surface area contributed by atoms with Crippen LogP contribution in [0.5, 0.6) is 0 Å². The number of anilines is 1. The lowest BCUT2D eigenvalue weighted by Crippen LogP contribution is -2.24. The minimum absolute atomic E-state index is 0.159. The maximum atomic E-state index is 12.1. The van der Waals surface area contributed by atoms with Crippen molar-refractivity contribution in [1.29, 1.82) is 0 Å². The largest absolute Gasteiger partial charge is 0.478 e. The zero-order chi connectivity index (χ0) is 15.2. The fraction of sp³-hybridized carbons (Fsp3) is 0.286. The summed E-state index contributed by atoms with van der Waals surface area (Å²) >= 11 is 0. The molecule has 0 atom stereocenters. The van der Waals surface area contributed by atoms with Crippen LogP contribution in [0.4, 0.5) is 5.82 Å². The van der Waals surface area contributed by atoms with Crippen LogP contribution in [0.15, 0.2) is 35.5 Å². The molecule has 21 heavy (non-hydrogen) atoms. The summed E-state index contributed by atoms with van der Waals surface area (Å²) in [5.41, 5.74) is 0.488. The minimum atomic E-state index is -1.01. The molecule has 2 aromatic heterocycles. The molecule has 0 unspecified atom stereocenters. The fourth-order valence-corrected chi connectivity index (χ4v) is 1.87. The molecule has 7 heteroatoms. The van der Waals surface area contributed by atoms with Crippen molar-refractivity contribution in [2.75, 3.05) is 5.32 Å². The average molecular weight is 288 g/mol. The first-order valence-electron chi connectivity index (χ1n) is 6.59. The molecule has 0 saturated heterocycles. The topological polar surface area (TPSA) is 97.1 Å². The Morgan fingerprint density at radius 2 is 2.19 bits per heavy atom. The van der Waals surface area contributed by atoms with Gasteiger partial charge in [0.1, 0.15) is 0 Å². The van der Waals surface area contributed by atoms with Gasteiger partial charge in [-0.1, -0.05) is 6.92 Å². The zero-order valence-corrected chi connectivity index (χ0v) is 11.6. The second-order valence-corrected chi connectivity index (χ2v) is 4.47. The first-order chi connectivity index (χ1) is 10.1. The third-order valence-corrected chi connectivity index (χ3v) is 2.88. The van der Waals surface area contributed by atoms with Crippen LogP contribution in [0, 0.1) is 0 Å². The highest BCUT2D eigenvalue weighted by Crippen LogP contribution is 2.04. The molecular formula is C14H16N4O3. The van der Waals surface area contributed by atoms with Gasteiger partial charge in [0.15, 0.2) is 5.82 Å². The van der Waals surface area contributed by atoms with Gasteiger partial charge in [0.05, 0.1) is 17.8 Å². The van der Waals surface area contributed by atoms with E-state index in [0.29, 0.717) is 12.2 Å². The highest BCUT2D eigenvalue weighted by Gasteiger charge is 2.07. The minimum Gasteiger partial charge on any atom is -0.478 e. The number of nitrogens with zero attached hydrogens (tertiary/aromatic N) is 3. The predicted octanol–water partition coefficient (Wildman–Crippen LogP) is 1.36. The number of aromatic nitrogens is 3. The number of pyridine rings is 1. The molecule has 0 bridgehead atoms. The Morgan fingerprint density at radius 3 is 2.90 bits per heavy atom. The van der Waals surface area contributed by atoms with Crippen molar-refractivity contribution in [3.63, 3.8) is 0 Å². The summed E-state index contributed by atoms with van der Waals surface area (Å²) in [6.07, 6.45) is 5.47. The van der Waals surface area contributed by atoms with Gasteiger partial charge in [0, 0.05) is 25.1 Å². The van der Waals surface area contributed by atoms with E-state index in [1.54, 1.807) is 17.0 Å². The molecule has 0 saturated carbocycles. The lowest BCUT2D eigenvalue weighted by molar-refractivity contribution is 0.0696. The molecule has 0 radical (unpaired) electrons. The van der Waals surface area contributed by atoms with Crippen molar-refractivity contribution < 1.29 is 9.90 Å². The Morgan fingerprint density at radius 1 is 1.38 bits per heavy atom. The van der Waals surface area contributed by atoms with Crippen LogP contribution >= 0.6 is 0 Å². The van der Waals surface area contributed by atoms with Crippen molar-refractivity contribution in [2.45, 2.75) is 26.4 Å². The van der Waals surface area contributed by atoms with Crippen LogP contribution in [0.3, 0.4) is 0 Å². The SMILES string of the molecule is CCCn1ccnc(NCc2cc(C(=O)O)ccn2)c1=O. The Hall–Kier alpha value is -2.70. The fourth-order valence-electron chi connectivity index (χ4n) is 1.87. The Balaban J connectivity index is 2.13. The van der Waals surface area contributed by atoms with E-state index in [9.17, 15) is 9.59 Å². The van der Waals surface area contributed by atoms with E-state index in [1.807, 2.05) is 6.92 Å². The van der Waals surface area contributed by atoms with E-state index in [1.165, 1.54) is 18.3 Å². The lowest BCUT2D eigenvalue weighted by Gasteiger charge is -2.08. The molecule has 110 valence electrons. The molecular weight excluding hydrogens is 272 g/mol. The first kappa shape index (κ1) is 14.7. The Kier molecular flexibility index (Phi) is 4.65. The molecule has 2 N–H and O–H groups in total. The second kappa shape index (κ2) is 6.65. The summed E-state index contributed by atoms with van der Waals surface area (Å²) in [4.78, 5) is 31.0. The normalized spacial score (nSPS) is 10.3. The summed E-state index contributed by atoms with van der Waals surface area (Å²) < 4.78 is 1.58. The molecule has 2 rings (SSSR count). The maximum Gasteiger partial charge on any atom is 0.335 e. The van der Waals surface area contributed by atoms with Gasteiger partial charge >= 0.3 is 5.97 Å². The van der Waals surface area contributed by atoms with E-state index >= 15 is 0 Å². The standard InChI is InChI=1S/C14H16N4O3/c1-2-6-18-7-5-16-12(13(18)19)17-9-11-8-10(14(20)21)3-4-15-11/h3-5,7-8H,2,6,9H2,1H3,(H,16,17)(H,20,21). The summed E-state index contributed by atoms with van der Waals surface area (Å²) in [5.74, 6) is -0.782. The van der Waals surface area contributed by atoms with Crippen molar-refractivity contribution in [2.24, 2.45) is 0 Å². The van der Waals surface area contributed by atoms with Gasteiger partial charge in [-0.25, -0.2) is 9.78 Å². The van der Waals surface area contributed by atoms with Crippen molar-refractivity contribution in [3.8, 4) is 0 Å². The van der Waals surface area contributed by atoms with Gasteiger partial charge in [0.2, 0.25) is 0 Å². The Labute approximate surface area is 121 Å². The van der Waals surface area contributed by atoms with E-state index in [4.69, 9.17) is 5.11 Å². The molecule has 0 amide bonds. The number of aryl methyl sites for hydroxylation is 1. The second-order valence-electron chi connectivity index (χ2n) is 4.47. The van der Waals surface area contributed by atoms with Gasteiger partial charge < -0.3 is 15.0 Å². The van der Waals surface area contributed by atoms with Gasteiger partial charge in [-0.3, -0.25) is 9.78 Å².